The first-order valence-corrected chi connectivity index (χ1v) is 6.37. The van der Waals surface area contributed by atoms with Gasteiger partial charge >= 0.3 is 0 Å². The van der Waals surface area contributed by atoms with Crippen molar-refractivity contribution >= 4 is 5.95 Å². The highest BCUT2D eigenvalue weighted by molar-refractivity contribution is 5.28. The van der Waals surface area contributed by atoms with Crippen molar-refractivity contribution in [2.24, 2.45) is 5.41 Å². The van der Waals surface area contributed by atoms with Crippen LogP contribution in [0.15, 0.2) is 12.3 Å². The average molecular weight is 235 g/mol. The molecule has 1 aliphatic rings. The average Bonchev–Trinajstić information content (AvgIpc) is 3.07. The topological polar surface area (TPSA) is 47.0 Å². The van der Waals surface area contributed by atoms with Crippen LogP contribution in [0.2, 0.25) is 0 Å². The summed E-state index contributed by atoms with van der Waals surface area (Å²) in [4.78, 5) is 8.54. The summed E-state index contributed by atoms with van der Waals surface area (Å²) < 4.78 is 5.54. The van der Waals surface area contributed by atoms with Crippen LogP contribution in [-0.2, 0) is 0 Å². The zero-order chi connectivity index (χ0) is 12.3. The minimum Gasteiger partial charge on any atom is -0.475 e. The van der Waals surface area contributed by atoms with E-state index in [0.717, 1.165) is 6.54 Å². The van der Waals surface area contributed by atoms with Gasteiger partial charge in [0, 0.05) is 18.8 Å². The molecule has 0 radical (unpaired) electrons. The lowest BCUT2D eigenvalue weighted by Crippen LogP contribution is -2.16. The molecule has 2 rings (SSSR count). The molecule has 0 atom stereocenters. The summed E-state index contributed by atoms with van der Waals surface area (Å²) in [7, 11) is 0. The Morgan fingerprint density at radius 3 is 2.82 bits per heavy atom. The third-order valence-corrected chi connectivity index (χ3v) is 3.32. The predicted octanol–water partition coefficient (Wildman–Crippen LogP) is 2.87. The lowest BCUT2D eigenvalue weighted by molar-refractivity contribution is 0.232. The molecule has 0 aromatic carbocycles. The van der Waals surface area contributed by atoms with Gasteiger partial charge in [-0.25, -0.2) is 4.98 Å². The Labute approximate surface area is 103 Å². The highest BCUT2D eigenvalue weighted by atomic mass is 16.5. The van der Waals surface area contributed by atoms with Crippen LogP contribution in [0.1, 0.15) is 40.0 Å². The van der Waals surface area contributed by atoms with E-state index in [1.807, 2.05) is 13.8 Å². The van der Waals surface area contributed by atoms with E-state index in [2.05, 4.69) is 22.2 Å². The van der Waals surface area contributed by atoms with Gasteiger partial charge in [-0.15, -0.1) is 0 Å². The molecule has 0 amide bonds. The SMILES string of the molecule is CCC1(CNc2nccc(OC(C)C)n2)CC1. The van der Waals surface area contributed by atoms with E-state index in [9.17, 15) is 0 Å². The fourth-order valence-electron chi connectivity index (χ4n) is 1.83. The molecule has 1 N–H and O–H groups in total. The monoisotopic (exact) mass is 235 g/mol. The number of nitrogens with zero attached hydrogens (tertiary/aromatic N) is 2. The molecule has 1 aromatic heterocycles. The van der Waals surface area contributed by atoms with Crippen molar-refractivity contribution in [2.75, 3.05) is 11.9 Å². The quantitative estimate of drug-likeness (QED) is 0.823. The van der Waals surface area contributed by atoms with Crippen molar-refractivity contribution in [3.8, 4) is 5.88 Å². The Hall–Kier alpha value is -1.32. The Balaban J connectivity index is 1.92. The van der Waals surface area contributed by atoms with Crippen LogP contribution in [0.3, 0.4) is 0 Å². The number of aromatic nitrogens is 2. The molecule has 1 aromatic rings. The Bertz CT molecular complexity index is 375. The van der Waals surface area contributed by atoms with Crippen LogP contribution in [0.25, 0.3) is 0 Å². The normalized spacial score (nSPS) is 16.9. The molecular formula is C13H21N3O. The molecule has 0 saturated heterocycles. The second-order valence-electron chi connectivity index (χ2n) is 5.09. The maximum absolute atomic E-state index is 5.54. The summed E-state index contributed by atoms with van der Waals surface area (Å²) in [6, 6.07) is 1.79. The van der Waals surface area contributed by atoms with Crippen LogP contribution in [0.5, 0.6) is 5.88 Å². The van der Waals surface area contributed by atoms with Crippen molar-refractivity contribution in [1.29, 1.82) is 0 Å². The van der Waals surface area contributed by atoms with Crippen LogP contribution >= 0.6 is 0 Å². The summed E-state index contributed by atoms with van der Waals surface area (Å²) in [5, 5.41) is 3.31. The predicted molar refractivity (Wildman–Crippen MR) is 68.2 cm³/mol. The zero-order valence-corrected chi connectivity index (χ0v) is 10.9. The molecule has 0 spiro atoms. The largest absolute Gasteiger partial charge is 0.475 e. The second kappa shape index (κ2) is 4.90. The fourth-order valence-corrected chi connectivity index (χ4v) is 1.83. The molecule has 94 valence electrons. The van der Waals surface area contributed by atoms with Crippen LogP contribution in [-0.4, -0.2) is 22.6 Å². The molecule has 1 aliphatic carbocycles. The number of rotatable bonds is 6. The molecule has 0 unspecified atom stereocenters. The summed E-state index contributed by atoms with van der Waals surface area (Å²) in [5.74, 6) is 1.31. The van der Waals surface area contributed by atoms with E-state index < -0.39 is 0 Å². The van der Waals surface area contributed by atoms with E-state index in [4.69, 9.17) is 4.74 Å². The maximum Gasteiger partial charge on any atom is 0.225 e. The van der Waals surface area contributed by atoms with Gasteiger partial charge in [-0.05, 0) is 38.5 Å². The molecule has 0 bridgehead atoms. The smallest absolute Gasteiger partial charge is 0.225 e. The minimum absolute atomic E-state index is 0.142. The third kappa shape index (κ3) is 3.32. The first kappa shape index (κ1) is 12.1. The van der Waals surface area contributed by atoms with Gasteiger partial charge in [-0.1, -0.05) is 6.92 Å². The van der Waals surface area contributed by atoms with Crippen molar-refractivity contribution in [3.63, 3.8) is 0 Å². The van der Waals surface area contributed by atoms with E-state index >= 15 is 0 Å². The fraction of sp³-hybridized carbons (Fsp3) is 0.692. The summed E-state index contributed by atoms with van der Waals surface area (Å²) in [5.41, 5.74) is 0.498. The van der Waals surface area contributed by atoms with Crippen molar-refractivity contribution in [2.45, 2.75) is 46.1 Å². The lowest BCUT2D eigenvalue weighted by Gasteiger charge is -2.14. The summed E-state index contributed by atoms with van der Waals surface area (Å²) >= 11 is 0. The molecular weight excluding hydrogens is 214 g/mol. The van der Waals surface area contributed by atoms with E-state index in [-0.39, 0.29) is 6.10 Å². The standard InChI is InChI=1S/C13H21N3O/c1-4-13(6-7-13)9-15-12-14-8-5-11(16-12)17-10(2)3/h5,8,10H,4,6-7,9H2,1-3H3,(H,14,15,16). The molecule has 4 heteroatoms. The van der Waals surface area contributed by atoms with Crippen molar-refractivity contribution in [3.05, 3.63) is 12.3 Å². The summed E-state index contributed by atoms with van der Waals surface area (Å²) in [6.45, 7) is 7.19. The maximum atomic E-state index is 5.54. The molecule has 0 aliphatic heterocycles. The van der Waals surface area contributed by atoms with Gasteiger partial charge in [0.05, 0.1) is 6.10 Å². The number of hydrogen-bond acceptors (Lipinski definition) is 4. The highest BCUT2D eigenvalue weighted by Gasteiger charge is 2.40. The Kier molecular flexibility index (Phi) is 3.50. The Morgan fingerprint density at radius 2 is 2.24 bits per heavy atom. The number of nitrogens with one attached hydrogen (secondary N) is 1. The number of hydrogen-bond donors (Lipinski definition) is 1. The number of ether oxygens (including phenoxy) is 1. The molecule has 1 saturated carbocycles. The van der Waals surface area contributed by atoms with Gasteiger partial charge in [-0.3, -0.25) is 0 Å². The van der Waals surface area contributed by atoms with E-state index in [1.165, 1.54) is 19.3 Å². The van der Waals surface area contributed by atoms with Crippen molar-refractivity contribution < 1.29 is 4.74 Å². The first-order valence-electron chi connectivity index (χ1n) is 6.37. The van der Waals surface area contributed by atoms with Gasteiger partial charge < -0.3 is 10.1 Å². The molecule has 1 fully saturated rings. The summed E-state index contributed by atoms with van der Waals surface area (Å²) in [6.07, 6.45) is 5.74. The third-order valence-electron chi connectivity index (χ3n) is 3.32. The highest BCUT2D eigenvalue weighted by Crippen LogP contribution is 2.48. The zero-order valence-electron chi connectivity index (χ0n) is 10.9. The second-order valence-corrected chi connectivity index (χ2v) is 5.09. The minimum atomic E-state index is 0.142. The van der Waals surface area contributed by atoms with E-state index in [1.54, 1.807) is 12.3 Å². The first-order chi connectivity index (χ1) is 8.13. The number of anilines is 1. The van der Waals surface area contributed by atoms with Crippen LogP contribution in [0.4, 0.5) is 5.95 Å². The molecule has 17 heavy (non-hydrogen) atoms. The Morgan fingerprint density at radius 1 is 1.47 bits per heavy atom. The van der Waals surface area contributed by atoms with Gasteiger partial charge in [0.25, 0.3) is 0 Å². The van der Waals surface area contributed by atoms with Gasteiger partial charge in [0.15, 0.2) is 0 Å². The lowest BCUT2D eigenvalue weighted by atomic mass is 10.0. The van der Waals surface area contributed by atoms with Gasteiger partial charge in [0.2, 0.25) is 11.8 Å². The van der Waals surface area contributed by atoms with Gasteiger partial charge in [-0.2, -0.15) is 4.98 Å². The van der Waals surface area contributed by atoms with Gasteiger partial charge in [0.1, 0.15) is 0 Å². The van der Waals surface area contributed by atoms with Crippen LogP contribution < -0.4 is 10.1 Å². The molecule has 4 nitrogen and oxygen atoms in total. The van der Waals surface area contributed by atoms with Crippen LogP contribution in [0, 0.1) is 5.41 Å². The van der Waals surface area contributed by atoms with E-state index in [0.29, 0.717) is 17.2 Å². The molecule has 1 heterocycles. The van der Waals surface area contributed by atoms with Crippen molar-refractivity contribution in [1.82, 2.24) is 9.97 Å².